The molecule has 0 fully saturated rings. The molecule has 0 unspecified atom stereocenters. The zero-order valence-corrected chi connectivity index (χ0v) is 21.6. The predicted octanol–water partition coefficient (Wildman–Crippen LogP) is 5.12. The molecular weight excluding hydrogens is 625 g/mol. The Labute approximate surface area is 219 Å². The van der Waals surface area contributed by atoms with E-state index >= 15 is 0 Å². The summed E-state index contributed by atoms with van der Waals surface area (Å²) in [4.78, 5) is 9.76. The zero-order valence-electron chi connectivity index (χ0n) is 18.5. The Balaban J connectivity index is 2.98. The van der Waals surface area contributed by atoms with E-state index in [1.165, 1.54) is 6.07 Å². The molecule has 2 rings (SSSR count). The molecule has 0 radical (unpaired) electrons. The van der Waals surface area contributed by atoms with E-state index in [9.17, 15) is 51.1 Å². The second-order valence-corrected chi connectivity index (χ2v) is 12.5. The largest absolute Gasteiger partial charge is 0.407 e. The molecule has 0 saturated carbocycles. The van der Waals surface area contributed by atoms with Crippen molar-refractivity contribution < 1.29 is 45.8 Å². The summed E-state index contributed by atoms with van der Waals surface area (Å²) in [6.07, 6.45) is -4.89. The lowest BCUT2D eigenvalue weighted by Crippen LogP contribution is -2.40. The van der Waals surface area contributed by atoms with Gasteiger partial charge in [0.25, 0.3) is 0 Å². The molecule has 1 heterocycles. The number of amides is 2. The maximum atomic E-state index is 13.3. The van der Waals surface area contributed by atoms with Crippen LogP contribution in [0.4, 0.5) is 48.9 Å². The van der Waals surface area contributed by atoms with Gasteiger partial charge in [0.05, 0.1) is 16.3 Å². The van der Waals surface area contributed by atoms with Crippen molar-refractivity contribution in [1.82, 2.24) is 15.1 Å². The number of aromatic nitrogens is 2. The van der Waals surface area contributed by atoms with Gasteiger partial charge in [0.1, 0.15) is 28.9 Å². The number of halogens is 10. The third kappa shape index (κ3) is 7.43. The second kappa shape index (κ2) is 9.48. The van der Waals surface area contributed by atoms with Crippen LogP contribution in [0.25, 0.3) is 5.69 Å². The van der Waals surface area contributed by atoms with Crippen LogP contribution in [0, 0.1) is 11.3 Å². The fraction of sp³-hybridized carbons (Fsp3) is 0.312. The summed E-state index contributed by atoms with van der Waals surface area (Å²) in [6, 6.07) is -0.489. The summed E-state index contributed by atoms with van der Waals surface area (Å²) in [7, 11) is -15.2. The van der Waals surface area contributed by atoms with Crippen molar-refractivity contribution in [1.29, 1.82) is 5.26 Å². The standard InChI is InChI=1S/C16H15Cl2F8N7O3S2/c1-37(35,36)32(7-16(19,20)21)13-11(6-28)31-33(14(13)30-15(34)29-3-2-27)12-9(17)4-8(5-10(12)18)38(22,23,24,25)26/h4-5H,2-3,7,27H2,1H3,(H2,29,30,34). The van der Waals surface area contributed by atoms with Crippen molar-refractivity contribution in [2.75, 3.05) is 35.5 Å². The molecule has 2 amide bonds. The number of hydrogen-bond donors (Lipinski definition) is 3. The summed E-state index contributed by atoms with van der Waals surface area (Å²) < 4.78 is 131. The monoisotopic (exact) mass is 639 g/mol. The van der Waals surface area contributed by atoms with E-state index < -0.39 is 76.8 Å². The quantitative estimate of drug-likeness (QED) is 0.342. The first kappa shape index (κ1) is 31.5. The number of benzene rings is 1. The van der Waals surface area contributed by atoms with Crippen LogP contribution >= 0.6 is 33.4 Å². The lowest BCUT2D eigenvalue weighted by atomic mass is 10.3. The van der Waals surface area contributed by atoms with Crippen LogP contribution in [0.5, 0.6) is 0 Å². The van der Waals surface area contributed by atoms with Crippen molar-refractivity contribution in [3.63, 3.8) is 0 Å². The number of carbonyl (C=O) groups excluding carboxylic acids is 1. The lowest BCUT2D eigenvalue weighted by Gasteiger charge is -2.40. The molecular formula is C16H15Cl2F8N7O3S2. The van der Waals surface area contributed by atoms with Gasteiger partial charge in [0.15, 0.2) is 11.5 Å². The topological polar surface area (TPSA) is 146 Å². The van der Waals surface area contributed by atoms with Gasteiger partial charge in [0.2, 0.25) is 10.0 Å². The Morgan fingerprint density at radius 1 is 1.21 bits per heavy atom. The third-order valence-corrected chi connectivity index (χ3v) is 7.06. The van der Waals surface area contributed by atoms with Crippen LogP contribution in [0.1, 0.15) is 5.69 Å². The number of nitrogens with two attached hydrogens (primary N) is 1. The van der Waals surface area contributed by atoms with E-state index in [1.807, 2.05) is 5.32 Å². The Bertz CT molecular complexity index is 1400. The minimum atomic E-state index is -10.3. The molecule has 0 bridgehead atoms. The van der Waals surface area contributed by atoms with E-state index in [0.29, 0.717) is 6.26 Å². The second-order valence-electron chi connectivity index (χ2n) is 7.33. The highest BCUT2D eigenvalue weighted by Gasteiger charge is 2.65. The lowest BCUT2D eigenvalue weighted by molar-refractivity contribution is -0.117. The SMILES string of the molecule is CS(=O)(=O)N(CC(F)(F)F)c1c(C#N)nn(-c2c(Cl)cc(S(F)(F)(F)(F)F)cc2Cl)c1NC(=O)NCCN. The van der Waals surface area contributed by atoms with Gasteiger partial charge in [-0.25, -0.2) is 17.9 Å². The molecule has 38 heavy (non-hydrogen) atoms. The van der Waals surface area contributed by atoms with Gasteiger partial charge in [-0.15, -0.1) is 0 Å². The molecule has 1 aromatic heterocycles. The number of nitriles is 1. The summed E-state index contributed by atoms with van der Waals surface area (Å²) in [5, 5.41) is 14.6. The Morgan fingerprint density at radius 3 is 2.13 bits per heavy atom. The van der Waals surface area contributed by atoms with Gasteiger partial charge >= 0.3 is 22.4 Å². The zero-order chi connectivity index (χ0) is 29.5. The van der Waals surface area contributed by atoms with Gasteiger partial charge in [-0.2, -0.15) is 23.5 Å². The van der Waals surface area contributed by atoms with Gasteiger partial charge in [0, 0.05) is 13.1 Å². The molecule has 0 aliphatic heterocycles. The normalized spacial score (nSPS) is 14.3. The van der Waals surface area contributed by atoms with Gasteiger partial charge in [-0.1, -0.05) is 42.6 Å². The molecule has 0 saturated heterocycles. The molecule has 10 nitrogen and oxygen atoms in total. The van der Waals surface area contributed by atoms with E-state index in [-0.39, 0.29) is 34.2 Å². The van der Waals surface area contributed by atoms with Crippen LogP contribution in [0.15, 0.2) is 17.0 Å². The summed E-state index contributed by atoms with van der Waals surface area (Å²) >= 11 is 11.5. The van der Waals surface area contributed by atoms with Crippen LogP contribution < -0.4 is 20.7 Å². The average molecular weight is 640 g/mol. The first-order valence-corrected chi connectivity index (χ1v) is 14.0. The highest BCUT2D eigenvalue weighted by atomic mass is 35.5. The van der Waals surface area contributed by atoms with Gasteiger partial charge in [-0.05, 0) is 12.1 Å². The highest BCUT2D eigenvalue weighted by molar-refractivity contribution is 8.45. The number of hydrogen-bond acceptors (Lipinski definition) is 6. The number of nitrogens with zero attached hydrogens (tertiary/aromatic N) is 4. The van der Waals surface area contributed by atoms with E-state index in [1.54, 1.807) is 0 Å². The summed E-state index contributed by atoms with van der Waals surface area (Å²) in [6.45, 7) is -2.60. The van der Waals surface area contributed by atoms with Crippen LogP contribution in [0.3, 0.4) is 0 Å². The first-order valence-electron chi connectivity index (χ1n) is 9.45. The van der Waals surface area contributed by atoms with Crippen LogP contribution in [-0.4, -0.2) is 56.3 Å². The predicted molar refractivity (Wildman–Crippen MR) is 124 cm³/mol. The molecule has 214 valence electrons. The van der Waals surface area contributed by atoms with Crippen molar-refractivity contribution in [3.8, 4) is 11.8 Å². The molecule has 22 heteroatoms. The molecule has 0 atom stereocenters. The van der Waals surface area contributed by atoms with Crippen LogP contribution in [-0.2, 0) is 10.0 Å². The Kier molecular flexibility index (Phi) is 7.85. The molecule has 4 N–H and O–H groups in total. The molecule has 2 aromatic rings. The fourth-order valence-corrected chi connectivity index (χ4v) is 5.17. The van der Waals surface area contributed by atoms with Crippen molar-refractivity contribution in [2.24, 2.45) is 5.73 Å². The number of carbonyl (C=O) groups is 1. The van der Waals surface area contributed by atoms with Crippen molar-refractivity contribution in [3.05, 3.63) is 27.9 Å². The van der Waals surface area contributed by atoms with Crippen LogP contribution in [0.2, 0.25) is 10.0 Å². The fourth-order valence-electron chi connectivity index (χ4n) is 2.83. The molecule has 0 aliphatic carbocycles. The number of rotatable bonds is 8. The van der Waals surface area contributed by atoms with Crippen molar-refractivity contribution in [2.45, 2.75) is 11.1 Å². The van der Waals surface area contributed by atoms with Gasteiger partial charge < -0.3 is 11.1 Å². The average Bonchev–Trinajstić information content (AvgIpc) is 3.04. The smallest absolute Gasteiger partial charge is 0.337 e. The third-order valence-electron chi connectivity index (χ3n) is 4.25. The first-order chi connectivity index (χ1) is 16.9. The summed E-state index contributed by atoms with van der Waals surface area (Å²) in [5.41, 5.74) is 2.03. The van der Waals surface area contributed by atoms with E-state index in [0.717, 1.165) is 0 Å². The number of urea groups is 1. The number of sulfonamides is 1. The summed E-state index contributed by atoms with van der Waals surface area (Å²) in [5.74, 6) is -1.05. The molecule has 0 aliphatic rings. The number of alkyl halides is 3. The minimum absolute atomic E-state index is 0.139. The Hall–Kier alpha value is -2.73. The van der Waals surface area contributed by atoms with Gasteiger partial charge in [-0.3, -0.25) is 9.62 Å². The van der Waals surface area contributed by atoms with E-state index in [4.69, 9.17) is 28.9 Å². The number of nitrogens with one attached hydrogen (secondary N) is 2. The highest BCUT2D eigenvalue weighted by Crippen LogP contribution is 3.02. The maximum Gasteiger partial charge on any atom is 0.407 e. The minimum Gasteiger partial charge on any atom is -0.337 e. The number of anilines is 2. The molecule has 1 aromatic carbocycles. The Morgan fingerprint density at radius 2 is 1.74 bits per heavy atom. The van der Waals surface area contributed by atoms with E-state index in [2.05, 4.69) is 10.4 Å². The van der Waals surface area contributed by atoms with Crippen molar-refractivity contribution >= 4 is 61.0 Å². The molecule has 0 spiro atoms. The maximum absolute atomic E-state index is 13.3.